The normalized spacial score (nSPS) is 13.2. The van der Waals surface area contributed by atoms with Crippen LogP contribution in [0.5, 0.6) is 0 Å². The molecule has 1 heterocycles. The van der Waals surface area contributed by atoms with Gasteiger partial charge in [0.1, 0.15) is 11.2 Å². The van der Waals surface area contributed by atoms with E-state index in [9.17, 15) is 0 Å². The molecule has 0 N–H and O–H groups in total. The van der Waals surface area contributed by atoms with Crippen LogP contribution in [0.3, 0.4) is 0 Å². The lowest BCUT2D eigenvalue weighted by Crippen LogP contribution is -2.14. The molecule has 306 valence electrons. The van der Waals surface area contributed by atoms with Gasteiger partial charge in [-0.25, -0.2) is 0 Å². The van der Waals surface area contributed by atoms with E-state index in [4.69, 9.17) is 4.42 Å². The van der Waals surface area contributed by atoms with E-state index in [0.29, 0.717) is 5.92 Å². The van der Waals surface area contributed by atoms with Crippen LogP contribution in [0.15, 0.2) is 223 Å². The maximum Gasteiger partial charge on any atom is 0.143 e. The maximum atomic E-state index is 6.79. The first kappa shape index (κ1) is 38.0. The molecule has 1 saturated carbocycles. The number of hydrogen-bond acceptors (Lipinski definition) is 2. The number of nitrogens with zero attached hydrogens (tertiary/aromatic N) is 1. The van der Waals surface area contributed by atoms with Crippen molar-refractivity contribution in [2.45, 2.75) is 38.0 Å². The topological polar surface area (TPSA) is 16.4 Å². The molecule has 1 aliphatic carbocycles. The van der Waals surface area contributed by atoms with Crippen LogP contribution in [0.4, 0.5) is 17.1 Å². The predicted molar refractivity (Wildman–Crippen MR) is 271 cm³/mol. The minimum absolute atomic E-state index is 0.550. The van der Waals surface area contributed by atoms with Gasteiger partial charge in [0.15, 0.2) is 0 Å². The summed E-state index contributed by atoms with van der Waals surface area (Å²) in [6.45, 7) is 0. The first-order valence-corrected chi connectivity index (χ1v) is 22.9. The average molecular weight is 822 g/mol. The quantitative estimate of drug-likeness (QED) is 0.152. The van der Waals surface area contributed by atoms with E-state index in [2.05, 4.69) is 223 Å². The second-order valence-electron chi connectivity index (χ2n) is 17.4. The van der Waals surface area contributed by atoms with Gasteiger partial charge in [-0.05, 0) is 92.4 Å². The fraction of sp³-hybridized carbons (Fsp3) is 0.0968. The molecular formula is C62H47NO. The summed E-state index contributed by atoms with van der Waals surface area (Å²) in [6.07, 6.45) is 6.39. The van der Waals surface area contributed by atoms with Gasteiger partial charge < -0.3 is 9.32 Å². The Balaban J connectivity index is 1.18. The summed E-state index contributed by atoms with van der Waals surface area (Å²) in [5, 5.41) is 7.36. The lowest BCUT2D eigenvalue weighted by atomic mass is 9.80. The van der Waals surface area contributed by atoms with E-state index in [1.54, 1.807) is 0 Å². The van der Waals surface area contributed by atoms with E-state index in [1.807, 2.05) is 0 Å². The van der Waals surface area contributed by atoms with Crippen LogP contribution in [-0.4, -0.2) is 0 Å². The van der Waals surface area contributed by atoms with Crippen molar-refractivity contribution in [3.8, 4) is 44.5 Å². The largest absolute Gasteiger partial charge is 0.455 e. The zero-order chi connectivity index (χ0) is 42.4. The van der Waals surface area contributed by atoms with Gasteiger partial charge in [0, 0.05) is 33.0 Å². The molecule has 0 bridgehead atoms. The summed E-state index contributed by atoms with van der Waals surface area (Å²) in [4.78, 5) is 2.55. The molecule has 0 amide bonds. The average Bonchev–Trinajstić information content (AvgIpc) is 3.76. The zero-order valence-corrected chi connectivity index (χ0v) is 35.8. The fourth-order valence-electron chi connectivity index (χ4n) is 10.7. The van der Waals surface area contributed by atoms with E-state index >= 15 is 0 Å². The molecule has 11 aromatic rings. The van der Waals surface area contributed by atoms with Crippen LogP contribution in [0.2, 0.25) is 0 Å². The molecule has 0 saturated heterocycles. The van der Waals surface area contributed by atoms with Crippen molar-refractivity contribution in [1.29, 1.82) is 0 Å². The van der Waals surface area contributed by atoms with Crippen LogP contribution in [0, 0.1) is 0 Å². The van der Waals surface area contributed by atoms with E-state index in [1.165, 1.54) is 75.9 Å². The molecular weight excluding hydrogens is 775 g/mol. The second-order valence-corrected chi connectivity index (χ2v) is 17.4. The van der Waals surface area contributed by atoms with E-state index in [-0.39, 0.29) is 0 Å². The number of hydrogen-bond donors (Lipinski definition) is 0. The minimum Gasteiger partial charge on any atom is -0.455 e. The van der Waals surface area contributed by atoms with Crippen LogP contribution in [0.1, 0.15) is 43.6 Å². The molecule has 10 aromatic carbocycles. The SMILES string of the molecule is c1ccc(-c2ccc(-c3cccc4ccccc34)cc2N(c2ccccc2-c2cccc3c2oc2ccccc23)c2ccccc2-c2cccc3cccc(C4CCCCC4)c23)cc1. The Morgan fingerprint density at radius 3 is 1.75 bits per heavy atom. The first-order valence-electron chi connectivity index (χ1n) is 22.9. The van der Waals surface area contributed by atoms with Gasteiger partial charge >= 0.3 is 0 Å². The molecule has 0 unspecified atom stereocenters. The summed E-state index contributed by atoms with van der Waals surface area (Å²) in [7, 11) is 0. The standard InChI is InChI=1S/C62H47NO/c1-3-19-43(20-4-1)49-40-39-46(48-31-15-24-42-23-7-8-27-47(42)48)41-59(49)63(58-37-13-10-29-52(58)55-34-18-35-56-53-30-11-14-38-60(53)64-62(55)56)57-36-12-9-28-51(57)54-33-17-26-45-25-16-32-50(61(45)54)44-21-5-2-6-22-44/h1,3-4,7-20,23-41,44H,2,5-6,21-22H2. The maximum absolute atomic E-state index is 6.79. The highest BCUT2D eigenvalue weighted by molar-refractivity contribution is 6.12. The third-order valence-corrected chi connectivity index (χ3v) is 13.7. The third-order valence-electron chi connectivity index (χ3n) is 13.7. The number of anilines is 3. The Morgan fingerprint density at radius 1 is 0.359 bits per heavy atom. The van der Waals surface area contributed by atoms with Crippen molar-refractivity contribution in [2.24, 2.45) is 0 Å². The molecule has 0 radical (unpaired) electrons. The molecule has 1 fully saturated rings. The Kier molecular flexibility index (Phi) is 9.64. The van der Waals surface area contributed by atoms with Gasteiger partial charge in [0.2, 0.25) is 0 Å². The Hall–Kier alpha value is -7.68. The van der Waals surface area contributed by atoms with Crippen molar-refractivity contribution in [2.75, 3.05) is 4.90 Å². The number of rotatable bonds is 8. The molecule has 12 rings (SSSR count). The summed E-state index contributed by atoms with van der Waals surface area (Å²) < 4.78 is 6.79. The third kappa shape index (κ3) is 6.57. The van der Waals surface area contributed by atoms with Crippen LogP contribution in [-0.2, 0) is 0 Å². The molecule has 2 nitrogen and oxygen atoms in total. The van der Waals surface area contributed by atoms with E-state index < -0.39 is 0 Å². The van der Waals surface area contributed by atoms with Crippen molar-refractivity contribution < 1.29 is 4.42 Å². The second kappa shape index (κ2) is 16.2. The van der Waals surface area contributed by atoms with Gasteiger partial charge in [0.05, 0.1) is 17.1 Å². The van der Waals surface area contributed by atoms with Crippen LogP contribution in [0.25, 0.3) is 88.0 Å². The molecule has 0 spiro atoms. The number of benzene rings is 10. The summed E-state index contributed by atoms with van der Waals surface area (Å²) in [5.74, 6) is 0.550. The zero-order valence-electron chi connectivity index (χ0n) is 35.8. The predicted octanol–water partition coefficient (Wildman–Crippen LogP) is 18.1. The summed E-state index contributed by atoms with van der Waals surface area (Å²) in [5.41, 5.74) is 15.8. The van der Waals surface area contributed by atoms with Crippen molar-refractivity contribution >= 4 is 60.5 Å². The Bertz CT molecular complexity index is 3490. The molecule has 64 heavy (non-hydrogen) atoms. The van der Waals surface area contributed by atoms with Crippen LogP contribution < -0.4 is 4.90 Å². The monoisotopic (exact) mass is 821 g/mol. The van der Waals surface area contributed by atoms with Gasteiger partial charge in [-0.1, -0.05) is 213 Å². The lowest BCUT2D eigenvalue weighted by molar-refractivity contribution is 0.445. The Morgan fingerprint density at radius 2 is 0.938 bits per heavy atom. The van der Waals surface area contributed by atoms with Gasteiger partial charge in [-0.3, -0.25) is 0 Å². The summed E-state index contributed by atoms with van der Waals surface area (Å²) in [6, 6.07) is 80.2. The molecule has 2 heteroatoms. The van der Waals surface area contributed by atoms with Gasteiger partial charge in [-0.2, -0.15) is 0 Å². The van der Waals surface area contributed by atoms with Crippen LogP contribution >= 0.6 is 0 Å². The highest BCUT2D eigenvalue weighted by atomic mass is 16.3. The van der Waals surface area contributed by atoms with Crippen molar-refractivity contribution in [1.82, 2.24) is 0 Å². The van der Waals surface area contributed by atoms with Gasteiger partial charge in [-0.15, -0.1) is 0 Å². The lowest BCUT2D eigenvalue weighted by Gasteiger charge is -2.32. The van der Waals surface area contributed by atoms with E-state index in [0.717, 1.165) is 66.8 Å². The summed E-state index contributed by atoms with van der Waals surface area (Å²) >= 11 is 0. The van der Waals surface area contributed by atoms with Crippen molar-refractivity contribution in [3.05, 3.63) is 224 Å². The van der Waals surface area contributed by atoms with Crippen molar-refractivity contribution in [3.63, 3.8) is 0 Å². The number of furan rings is 1. The molecule has 1 aromatic heterocycles. The highest BCUT2D eigenvalue weighted by Crippen LogP contribution is 2.51. The number of para-hydroxylation sites is 4. The highest BCUT2D eigenvalue weighted by Gasteiger charge is 2.27. The van der Waals surface area contributed by atoms with Gasteiger partial charge in [0.25, 0.3) is 0 Å². The molecule has 0 aliphatic heterocycles. The Labute approximate surface area is 374 Å². The fourth-order valence-corrected chi connectivity index (χ4v) is 10.7. The molecule has 0 atom stereocenters. The molecule has 1 aliphatic rings. The minimum atomic E-state index is 0.550. The first-order chi connectivity index (χ1) is 31.8. The number of fused-ring (bicyclic) bond motifs is 5. The smallest absolute Gasteiger partial charge is 0.143 e.